The minimum Gasteiger partial charge on any atom is -0.481 e. The van der Waals surface area contributed by atoms with Crippen LogP contribution < -0.4 is 10.1 Å². The summed E-state index contributed by atoms with van der Waals surface area (Å²) < 4.78 is 20.2. The van der Waals surface area contributed by atoms with Crippen molar-refractivity contribution in [2.75, 3.05) is 6.61 Å². The van der Waals surface area contributed by atoms with E-state index in [1.165, 1.54) is 23.5 Å². The Balaban J connectivity index is 1.70. The Kier molecular flexibility index (Phi) is 8.46. The molecular formula is C24H28BrFN2O3. The van der Waals surface area contributed by atoms with Gasteiger partial charge in [0.15, 0.2) is 18.2 Å². The molecule has 5 nitrogen and oxygen atoms in total. The SMILES string of the molecule is CC(C(=O)NC1CCCCC1)N(Cc1ccc(Br)cc1)C(=O)COc1ccccc1F. The number of hydrogen-bond acceptors (Lipinski definition) is 3. The molecule has 1 aliphatic rings. The molecule has 7 heteroatoms. The van der Waals surface area contributed by atoms with Gasteiger partial charge in [-0.1, -0.05) is 59.5 Å². The molecule has 2 aromatic carbocycles. The molecule has 2 aromatic rings. The number of ether oxygens (including phenoxy) is 1. The van der Waals surface area contributed by atoms with Crippen molar-refractivity contribution in [2.45, 2.75) is 57.7 Å². The number of carbonyl (C=O) groups is 2. The summed E-state index contributed by atoms with van der Waals surface area (Å²) in [5.41, 5.74) is 0.889. The predicted molar refractivity (Wildman–Crippen MR) is 121 cm³/mol. The lowest BCUT2D eigenvalue weighted by molar-refractivity contribution is -0.142. The lowest BCUT2D eigenvalue weighted by Crippen LogP contribution is -2.51. The van der Waals surface area contributed by atoms with Crippen LogP contribution in [0.2, 0.25) is 0 Å². The maximum Gasteiger partial charge on any atom is 0.261 e. The van der Waals surface area contributed by atoms with Crippen LogP contribution in [0.3, 0.4) is 0 Å². The fourth-order valence-corrected chi connectivity index (χ4v) is 3.99. The van der Waals surface area contributed by atoms with Gasteiger partial charge in [0.2, 0.25) is 5.91 Å². The van der Waals surface area contributed by atoms with Crippen molar-refractivity contribution in [2.24, 2.45) is 0 Å². The maximum atomic E-state index is 13.9. The molecule has 3 rings (SSSR count). The molecule has 2 amide bonds. The lowest BCUT2D eigenvalue weighted by atomic mass is 9.95. The first kappa shape index (κ1) is 23.3. The van der Waals surface area contributed by atoms with Crippen molar-refractivity contribution < 1.29 is 18.7 Å². The number of para-hydroxylation sites is 1. The zero-order chi connectivity index (χ0) is 22.2. The van der Waals surface area contributed by atoms with Crippen LogP contribution in [0.4, 0.5) is 4.39 Å². The highest BCUT2D eigenvalue weighted by atomic mass is 79.9. The first-order valence-corrected chi connectivity index (χ1v) is 11.4. The molecular weight excluding hydrogens is 463 g/mol. The zero-order valence-corrected chi connectivity index (χ0v) is 19.2. The summed E-state index contributed by atoms with van der Waals surface area (Å²) in [6.45, 7) is 1.63. The molecule has 0 heterocycles. The molecule has 0 radical (unpaired) electrons. The van der Waals surface area contributed by atoms with Crippen LogP contribution in [0.5, 0.6) is 5.75 Å². The summed E-state index contributed by atoms with van der Waals surface area (Å²) >= 11 is 3.41. The number of benzene rings is 2. The molecule has 166 valence electrons. The van der Waals surface area contributed by atoms with Crippen molar-refractivity contribution in [3.05, 3.63) is 64.4 Å². The standard InChI is InChI=1S/C24H28BrFN2O3/c1-17(24(30)27-20-7-3-2-4-8-20)28(15-18-11-13-19(25)14-12-18)23(29)16-31-22-10-6-5-9-21(22)26/h5-6,9-14,17,20H,2-4,7-8,15-16H2,1H3,(H,27,30). The number of rotatable bonds is 8. The van der Waals surface area contributed by atoms with E-state index in [-0.39, 0.29) is 36.8 Å². The molecule has 31 heavy (non-hydrogen) atoms. The largest absolute Gasteiger partial charge is 0.481 e. The number of hydrogen-bond donors (Lipinski definition) is 1. The quantitative estimate of drug-likeness (QED) is 0.576. The van der Waals surface area contributed by atoms with Gasteiger partial charge in [-0.3, -0.25) is 9.59 Å². The normalized spacial score (nSPS) is 15.2. The third kappa shape index (κ3) is 6.79. The Bertz CT molecular complexity index is 885. The molecule has 1 atom stereocenters. The van der Waals surface area contributed by atoms with Gasteiger partial charge in [0.1, 0.15) is 6.04 Å². The average molecular weight is 491 g/mol. The highest BCUT2D eigenvalue weighted by Gasteiger charge is 2.28. The minimum atomic E-state index is -0.678. The van der Waals surface area contributed by atoms with Crippen LogP contribution in [-0.2, 0) is 16.1 Å². The second-order valence-corrected chi connectivity index (χ2v) is 8.80. The van der Waals surface area contributed by atoms with E-state index in [1.807, 2.05) is 24.3 Å². The van der Waals surface area contributed by atoms with Crippen LogP contribution in [0.15, 0.2) is 53.0 Å². The Labute approximate surface area is 191 Å². The molecule has 0 aromatic heterocycles. The zero-order valence-electron chi connectivity index (χ0n) is 17.7. The van der Waals surface area contributed by atoms with Gasteiger partial charge in [-0.05, 0) is 49.6 Å². The average Bonchev–Trinajstić information content (AvgIpc) is 2.78. The maximum absolute atomic E-state index is 13.9. The van der Waals surface area contributed by atoms with E-state index in [4.69, 9.17) is 4.74 Å². The van der Waals surface area contributed by atoms with Gasteiger partial charge in [0.05, 0.1) is 0 Å². The van der Waals surface area contributed by atoms with Gasteiger partial charge in [-0.25, -0.2) is 4.39 Å². The number of halogens is 2. The van der Waals surface area contributed by atoms with E-state index < -0.39 is 11.9 Å². The summed E-state index contributed by atoms with van der Waals surface area (Å²) in [5.74, 6) is -1.07. The van der Waals surface area contributed by atoms with E-state index >= 15 is 0 Å². The predicted octanol–water partition coefficient (Wildman–Crippen LogP) is 4.83. The van der Waals surface area contributed by atoms with Gasteiger partial charge in [-0.15, -0.1) is 0 Å². The Morgan fingerprint density at radius 2 is 1.81 bits per heavy atom. The fourth-order valence-electron chi connectivity index (χ4n) is 3.72. The number of nitrogens with one attached hydrogen (secondary N) is 1. The lowest BCUT2D eigenvalue weighted by Gasteiger charge is -2.31. The van der Waals surface area contributed by atoms with Crippen LogP contribution in [0.1, 0.15) is 44.6 Å². The van der Waals surface area contributed by atoms with Gasteiger partial charge in [-0.2, -0.15) is 0 Å². The highest BCUT2D eigenvalue weighted by molar-refractivity contribution is 9.10. The molecule has 0 spiro atoms. The van der Waals surface area contributed by atoms with Crippen LogP contribution in [0, 0.1) is 5.82 Å². The van der Waals surface area contributed by atoms with E-state index in [0.29, 0.717) is 0 Å². The molecule has 1 aliphatic carbocycles. The van der Waals surface area contributed by atoms with Crippen LogP contribution in [-0.4, -0.2) is 35.4 Å². The topological polar surface area (TPSA) is 58.6 Å². The summed E-state index contributed by atoms with van der Waals surface area (Å²) in [6.07, 6.45) is 5.35. The summed E-state index contributed by atoms with van der Waals surface area (Å²) in [4.78, 5) is 27.4. The minimum absolute atomic E-state index is 0.0127. The molecule has 0 aliphatic heterocycles. The van der Waals surface area contributed by atoms with E-state index in [2.05, 4.69) is 21.2 Å². The monoisotopic (exact) mass is 490 g/mol. The van der Waals surface area contributed by atoms with Crippen LogP contribution in [0.25, 0.3) is 0 Å². The Morgan fingerprint density at radius 3 is 2.48 bits per heavy atom. The third-order valence-electron chi connectivity index (χ3n) is 5.57. The second-order valence-electron chi connectivity index (χ2n) is 7.89. The van der Waals surface area contributed by atoms with Crippen molar-refractivity contribution in [3.8, 4) is 5.75 Å². The first-order valence-electron chi connectivity index (χ1n) is 10.7. The molecule has 1 unspecified atom stereocenters. The highest BCUT2D eigenvalue weighted by Crippen LogP contribution is 2.19. The van der Waals surface area contributed by atoms with Crippen molar-refractivity contribution in [3.63, 3.8) is 0 Å². The van der Waals surface area contributed by atoms with Crippen molar-refractivity contribution >= 4 is 27.7 Å². The number of nitrogens with zero attached hydrogens (tertiary/aromatic N) is 1. The van der Waals surface area contributed by atoms with Gasteiger partial charge in [0, 0.05) is 17.1 Å². The van der Waals surface area contributed by atoms with Gasteiger partial charge >= 0.3 is 0 Å². The second kappa shape index (κ2) is 11.3. The number of carbonyl (C=O) groups excluding carboxylic acids is 2. The molecule has 1 saturated carbocycles. The number of amides is 2. The van der Waals surface area contributed by atoms with Crippen molar-refractivity contribution in [1.29, 1.82) is 0 Å². The summed E-state index contributed by atoms with van der Waals surface area (Å²) in [5, 5.41) is 3.09. The smallest absolute Gasteiger partial charge is 0.261 e. The van der Waals surface area contributed by atoms with Crippen molar-refractivity contribution in [1.82, 2.24) is 10.2 Å². The van der Waals surface area contributed by atoms with E-state index in [1.54, 1.807) is 19.1 Å². The van der Waals surface area contributed by atoms with E-state index in [0.717, 1.165) is 35.7 Å². The van der Waals surface area contributed by atoms with Crippen LogP contribution >= 0.6 is 15.9 Å². The molecule has 1 N–H and O–H groups in total. The Morgan fingerprint density at radius 1 is 1.13 bits per heavy atom. The summed E-state index contributed by atoms with van der Waals surface area (Å²) in [6, 6.07) is 13.0. The summed E-state index contributed by atoms with van der Waals surface area (Å²) in [7, 11) is 0. The fraction of sp³-hybridized carbons (Fsp3) is 0.417. The molecule has 0 bridgehead atoms. The molecule has 0 saturated heterocycles. The molecule has 1 fully saturated rings. The van der Waals surface area contributed by atoms with Gasteiger partial charge in [0.25, 0.3) is 5.91 Å². The van der Waals surface area contributed by atoms with E-state index in [9.17, 15) is 14.0 Å². The first-order chi connectivity index (χ1) is 14.9. The van der Waals surface area contributed by atoms with Gasteiger partial charge < -0.3 is 15.0 Å². The third-order valence-corrected chi connectivity index (χ3v) is 6.10. The Hall–Kier alpha value is -2.41.